The minimum absolute atomic E-state index is 0.223. The molecule has 0 fully saturated rings. The topological polar surface area (TPSA) is 9.23 Å². The van der Waals surface area contributed by atoms with Crippen molar-refractivity contribution in [2.24, 2.45) is 0 Å². The Morgan fingerprint density at radius 2 is 1.71 bits per heavy atom. The number of rotatable bonds is 4. The molecular formula is C14H12FIO. The predicted molar refractivity (Wildman–Crippen MR) is 76.2 cm³/mol. The van der Waals surface area contributed by atoms with Crippen molar-refractivity contribution in [1.82, 2.24) is 0 Å². The van der Waals surface area contributed by atoms with Gasteiger partial charge in [0.15, 0.2) is 0 Å². The smallest absolute Gasteiger partial charge is 0.127 e. The molecule has 0 aliphatic heterocycles. The first-order valence-corrected chi connectivity index (χ1v) is 6.87. The molecule has 0 atom stereocenters. The number of hydrogen-bond donors (Lipinski definition) is 0. The van der Waals surface area contributed by atoms with Gasteiger partial charge in [0.05, 0.1) is 6.61 Å². The van der Waals surface area contributed by atoms with E-state index in [2.05, 4.69) is 22.6 Å². The van der Waals surface area contributed by atoms with Gasteiger partial charge < -0.3 is 4.74 Å². The van der Waals surface area contributed by atoms with Crippen molar-refractivity contribution >= 4 is 22.6 Å². The molecule has 0 saturated carbocycles. The molecular weight excluding hydrogens is 330 g/mol. The second-order valence-corrected chi connectivity index (χ2v) is 4.62. The van der Waals surface area contributed by atoms with Gasteiger partial charge in [-0.2, -0.15) is 0 Å². The molecule has 0 unspecified atom stereocenters. The maximum atomic E-state index is 12.9. The Kier molecular flexibility index (Phi) is 4.36. The van der Waals surface area contributed by atoms with E-state index in [0.717, 1.165) is 21.3 Å². The molecule has 0 aromatic heterocycles. The molecule has 0 aliphatic carbocycles. The van der Waals surface area contributed by atoms with Crippen LogP contribution in [0.15, 0.2) is 48.5 Å². The van der Waals surface area contributed by atoms with Gasteiger partial charge in [0.2, 0.25) is 0 Å². The molecule has 2 rings (SSSR count). The second kappa shape index (κ2) is 6.00. The third-order valence-electron chi connectivity index (χ3n) is 2.38. The number of halogens is 2. The van der Waals surface area contributed by atoms with E-state index in [1.807, 2.05) is 24.3 Å². The van der Waals surface area contributed by atoms with Crippen molar-refractivity contribution in [3.63, 3.8) is 0 Å². The highest BCUT2D eigenvalue weighted by Gasteiger charge is 2.05. The molecule has 0 saturated heterocycles. The Hall–Kier alpha value is -1.10. The van der Waals surface area contributed by atoms with Crippen LogP contribution >= 0.6 is 22.6 Å². The van der Waals surface area contributed by atoms with Crippen molar-refractivity contribution in [2.75, 3.05) is 11.0 Å². The fourth-order valence-corrected chi connectivity index (χ4v) is 1.83. The molecule has 88 valence electrons. The zero-order chi connectivity index (χ0) is 12.1. The van der Waals surface area contributed by atoms with E-state index < -0.39 is 0 Å². The van der Waals surface area contributed by atoms with Crippen LogP contribution in [0.25, 0.3) is 11.1 Å². The maximum absolute atomic E-state index is 12.9. The molecule has 0 spiro atoms. The Morgan fingerprint density at radius 1 is 1.00 bits per heavy atom. The minimum atomic E-state index is -0.223. The van der Waals surface area contributed by atoms with Crippen LogP contribution in [0, 0.1) is 5.82 Å². The van der Waals surface area contributed by atoms with Crippen LogP contribution in [0.4, 0.5) is 4.39 Å². The summed E-state index contributed by atoms with van der Waals surface area (Å²) in [6, 6.07) is 14.3. The fourth-order valence-electron chi connectivity index (χ4n) is 1.61. The van der Waals surface area contributed by atoms with Crippen LogP contribution in [-0.4, -0.2) is 11.0 Å². The van der Waals surface area contributed by atoms with Gasteiger partial charge in [0.1, 0.15) is 11.6 Å². The minimum Gasteiger partial charge on any atom is -0.492 e. The first kappa shape index (κ1) is 12.4. The molecule has 0 radical (unpaired) electrons. The van der Waals surface area contributed by atoms with E-state index in [0.29, 0.717) is 6.61 Å². The number of para-hydroxylation sites is 1. The highest BCUT2D eigenvalue weighted by atomic mass is 127. The lowest BCUT2D eigenvalue weighted by Crippen LogP contribution is -1.99. The lowest BCUT2D eigenvalue weighted by atomic mass is 10.0. The fraction of sp³-hybridized carbons (Fsp3) is 0.143. The average Bonchev–Trinajstić information content (AvgIpc) is 2.38. The number of benzene rings is 2. The van der Waals surface area contributed by atoms with E-state index in [-0.39, 0.29) is 5.82 Å². The molecule has 0 bridgehead atoms. The molecule has 0 N–H and O–H groups in total. The predicted octanol–water partition coefficient (Wildman–Crippen LogP) is 4.31. The first-order chi connectivity index (χ1) is 8.31. The lowest BCUT2D eigenvalue weighted by Gasteiger charge is -2.10. The first-order valence-electron chi connectivity index (χ1n) is 5.35. The zero-order valence-electron chi connectivity index (χ0n) is 9.20. The Bertz CT molecular complexity index is 482. The Balaban J connectivity index is 2.33. The van der Waals surface area contributed by atoms with Crippen molar-refractivity contribution in [3.05, 3.63) is 54.3 Å². The highest BCUT2D eigenvalue weighted by molar-refractivity contribution is 14.1. The highest BCUT2D eigenvalue weighted by Crippen LogP contribution is 2.29. The lowest BCUT2D eigenvalue weighted by molar-refractivity contribution is 0.348. The third kappa shape index (κ3) is 3.19. The molecule has 0 amide bonds. The number of alkyl halides is 1. The molecule has 2 aromatic carbocycles. The van der Waals surface area contributed by atoms with Crippen molar-refractivity contribution in [3.8, 4) is 16.9 Å². The molecule has 17 heavy (non-hydrogen) atoms. The maximum Gasteiger partial charge on any atom is 0.127 e. The van der Waals surface area contributed by atoms with Gasteiger partial charge >= 0.3 is 0 Å². The van der Waals surface area contributed by atoms with E-state index in [4.69, 9.17) is 4.74 Å². The molecule has 0 heterocycles. The van der Waals surface area contributed by atoms with Gasteiger partial charge in [0, 0.05) is 9.99 Å². The zero-order valence-corrected chi connectivity index (χ0v) is 11.4. The van der Waals surface area contributed by atoms with Crippen LogP contribution < -0.4 is 4.74 Å². The summed E-state index contributed by atoms with van der Waals surface area (Å²) in [5.41, 5.74) is 1.97. The van der Waals surface area contributed by atoms with Crippen LogP contribution in [0.1, 0.15) is 0 Å². The Morgan fingerprint density at radius 3 is 2.41 bits per heavy atom. The summed E-state index contributed by atoms with van der Waals surface area (Å²) in [4.78, 5) is 0. The average molecular weight is 342 g/mol. The van der Waals surface area contributed by atoms with Gasteiger partial charge in [-0.1, -0.05) is 52.9 Å². The summed E-state index contributed by atoms with van der Waals surface area (Å²) >= 11 is 2.27. The molecule has 0 aliphatic rings. The van der Waals surface area contributed by atoms with Crippen molar-refractivity contribution in [2.45, 2.75) is 0 Å². The summed E-state index contributed by atoms with van der Waals surface area (Å²) in [5.74, 6) is 0.621. The monoisotopic (exact) mass is 342 g/mol. The SMILES string of the molecule is Fc1ccc(-c2ccccc2OCCI)cc1. The summed E-state index contributed by atoms with van der Waals surface area (Å²) in [6.45, 7) is 0.679. The third-order valence-corrected chi connectivity index (χ3v) is 2.82. The number of ether oxygens (including phenoxy) is 1. The Labute approximate surface area is 114 Å². The molecule has 2 aromatic rings. The van der Waals surface area contributed by atoms with Crippen LogP contribution in [0.5, 0.6) is 5.75 Å². The van der Waals surface area contributed by atoms with E-state index >= 15 is 0 Å². The van der Waals surface area contributed by atoms with Crippen molar-refractivity contribution in [1.29, 1.82) is 0 Å². The summed E-state index contributed by atoms with van der Waals surface area (Å²) < 4.78 is 19.5. The van der Waals surface area contributed by atoms with Gasteiger partial charge in [-0.15, -0.1) is 0 Å². The van der Waals surface area contributed by atoms with Crippen molar-refractivity contribution < 1.29 is 9.13 Å². The standard InChI is InChI=1S/C14H12FIO/c15-12-7-5-11(6-8-12)13-3-1-2-4-14(13)17-10-9-16/h1-8H,9-10H2. The largest absolute Gasteiger partial charge is 0.492 e. The summed E-state index contributed by atoms with van der Waals surface area (Å²) in [6.07, 6.45) is 0. The van der Waals surface area contributed by atoms with Crippen LogP contribution in [0.3, 0.4) is 0 Å². The summed E-state index contributed by atoms with van der Waals surface area (Å²) in [7, 11) is 0. The van der Waals surface area contributed by atoms with Gasteiger partial charge in [-0.25, -0.2) is 4.39 Å². The van der Waals surface area contributed by atoms with Crippen LogP contribution in [0.2, 0.25) is 0 Å². The van der Waals surface area contributed by atoms with E-state index in [1.54, 1.807) is 12.1 Å². The van der Waals surface area contributed by atoms with E-state index in [1.165, 1.54) is 12.1 Å². The molecule has 3 heteroatoms. The second-order valence-electron chi connectivity index (χ2n) is 3.54. The van der Waals surface area contributed by atoms with Gasteiger partial charge in [-0.3, -0.25) is 0 Å². The van der Waals surface area contributed by atoms with Crippen LogP contribution in [-0.2, 0) is 0 Å². The van der Waals surface area contributed by atoms with E-state index in [9.17, 15) is 4.39 Å². The normalized spacial score (nSPS) is 10.2. The quantitative estimate of drug-likeness (QED) is 0.594. The molecule has 1 nitrogen and oxygen atoms in total. The van der Waals surface area contributed by atoms with Gasteiger partial charge in [-0.05, 0) is 23.8 Å². The number of hydrogen-bond acceptors (Lipinski definition) is 1. The summed E-state index contributed by atoms with van der Waals surface area (Å²) in [5, 5.41) is 0. The van der Waals surface area contributed by atoms with Gasteiger partial charge in [0.25, 0.3) is 0 Å².